The molecule has 21 heavy (non-hydrogen) atoms. The van der Waals surface area contributed by atoms with Gasteiger partial charge in [0.15, 0.2) is 5.75 Å². The van der Waals surface area contributed by atoms with Crippen molar-refractivity contribution in [2.45, 2.75) is 26.9 Å². The van der Waals surface area contributed by atoms with Crippen LogP contribution < -0.4 is 10.1 Å². The molecule has 112 valence electrons. The minimum atomic E-state index is 0.546. The van der Waals surface area contributed by atoms with Crippen LogP contribution in [-0.4, -0.2) is 6.61 Å². The summed E-state index contributed by atoms with van der Waals surface area (Å²) in [5, 5.41) is 4.49. The maximum atomic E-state index is 6.19. The lowest BCUT2D eigenvalue weighted by atomic mass is 10.1. The van der Waals surface area contributed by atoms with Crippen molar-refractivity contribution in [2.75, 3.05) is 6.61 Å². The molecule has 0 fully saturated rings. The molecule has 0 aliphatic carbocycles. The van der Waals surface area contributed by atoms with Gasteiger partial charge in [-0.15, -0.1) is 0 Å². The number of nitrogens with one attached hydrogen (secondary N) is 1. The van der Waals surface area contributed by atoms with Crippen molar-refractivity contribution in [1.82, 2.24) is 5.32 Å². The zero-order valence-corrected chi connectivity index (χ0v) is 13.8. The molecular weight excluding hydrogens is 305 g/mol. The van der Waals surface area contributed by atoms with Gasteiger partial charge in [-0.05, 0) is 37.1 Å². The number of rotatable bonds is 6. The highest BCUT2D eigenvalue weighted by Gasteiger charge is 2.09. The fraction of sp³-hybridized carbons (Fsp3) is 0.294. The lowest BCUT2D eigenvalue weighted by Gasteiger charge is -2.11. The molecule has 2 rings (SSSR count). The predicted octanol–water partition coefficient (Wildman–Crippen LogP) is 4.99. The Bertz CT molecular complexity index is 573. The molecule has 2 aromatic carbocycles. The first-order valence-corrected chi connectivity index (χ1v) is 7.72. The van der Waals surface area contributed by atoms with Crippen LogP contribution in [0, 0.1) is 6.92 Å². The van der Waals surface area contributed by atoms with E-state index in [1.54, 1.807) is 0 Å². The number of halogens is 2. The molecule has 1 N–H and O–H groups in total. The minimum Gasteiger partial charge on any atom is -0.491 e. The Morgan fingerprint density at radius 1 is 0.952 bits per heavy atom. The highest BCUT2D eigenvalue weighted by atomic mass is 35.5. The summed E-state index contributed by atoms with van der Waals surface area (Å²) in [6.07, 6.45) is 0. The van der Waals surface area contributed by atoms with Crippen molar-refractivity contribution in [2.24, 2.45) is 0 Å². The van der Waals surface area contributed by atoms with E-state index in [0.29, 0.717) is 28.9 Å². The number of benzene rings is 2. The highest BCUT2D eigenvalue weighted by Crippen LogP contribution is 2.34. The quantitative estimate of drug-likeness (QED) is 0.808. The van der Waals surface area contributed by atoms with Gasteiger partial charge in [-0.3, -0.25) is 0 Å². The zero-order chi connectivity index (χ0) is 15.2. The van der Waals surface area contributed by atoms with Gasteiger partial charge in [0.25, 0.3) is 0 Å². The smallest absolute Gasteiger partial charge is 0.156 e. The highest BCUT2D eigenvalue weighted by molar-refractivity contribution is 6.37. The molecule has 0 amide bonds. The van der Waals surface area contributed by atoms with E-state index in [9.17, 15) is 0 Å². The van der Waals surface area contributed by atoms with Crippen LogP contribution in [0.1, 0.15) is 23.6 Å². The predicted molar refractivity (Wildman–Crippen MR) is 89.4 cm³/mol. The summed E-state index contributed by atoms with van der Waals surface area (Å²) in [4.78, 5) is 0. The summed E-state index contributed by atoms with van der Waals surface area (Å²) < 4.78 is 5.42. The number of hydrogen-bond donors (Lipinski definition) is 1. The van der Waals surface area contributed by atoms with Gasteiger partial charge >= 0.3 is 0 Å². The third kappa shape index (κ3) is 4.63. The van der Waals surface area contributed by atoms with Crippen LogP contribution >= 0.6 is 23.2 Å². The number of hydrogen-bond acceptors (Lipinski definition) is 2. The fourth-order valence-corrected chi connectivity index (χ4v) is 2.70. The minimum absolute atomic E-state index is 0.546. The molecule has 0 unspecified atom stereocenters. The molecule has 0 aliphatic rings. The monoisotopic (exact) mass is 323 g/mol. The Balaban J connectivity index is 1.95. The van der Waals surface area contributed by atoms with Crippen LogP contribution in [0.3, 0.4) is 0 Å². The van der Waals surface area contributed by atoms with Crippen molar-refractivity contribution in [3.05, 3.63) is 63.1 Å². The molecule has 4 heteroatoms. The van der Waals surface area contributed by atoms with Gasteiger partial charge in [0.2, 0.25) is 0 Å². The SMILES string of the molecule is CCOc1c(Cl)cc(CNCc2ccc(C)cc2)cc1Cl. The summed E-state index contributed by atoms with van der Waals surface area (Å²) >= 11 is 12.4. The Morgan fingerprint density at radius 2 is 1.52 bits per heavy atom. The molecule has 0 aromatic heterocycles. The average Bonchev–Trinajstić information content (AvgIpc) is 2.45. The molecule has 2 nitrogen and oxygen atoms in total. The van der Waals surface area contributed by atoms with Crippen molar-refractivity contribution in [3.63, 3.8) is 0 Å². The third-order valence-corrected chi connectivity index (χ3v) is 3.69. The van der Waals surface area contributed by atoms with Crippen molar-refractivity contribution in [3.8, 4) is 5.75 Å². The summed E-state index contributed by atoms with van der Waals surface area (Å²) in [7, 11) is 0. The standard InChI is InChI=1S/C17H19Cl2NO/c1-3-21-17-15(18)8-14(9-16(17)19)11-20-10-13-6-4-12(2)5-7-13/h4-9,20H,3,10-11H2,1-2H3. The Hall–Kier alpha value is -1.22. The molecule has 0 atom stereocenters. The zero-order valence-electron chi connectivity index (χ0n) is 12.2. The van der Waals surface area contributed by atoms with E-state index in [2.05, 4.69) is 36.5 Å². The van der Waals surface area contributed by atoms with Gasteiger partial charge in [0.1, 0.15) is 0 Å². The fourth-order valence-electron chi connectivity index (χ4n) is 2.05. The maximum Gasteiger partial charge on any atom is 0.156 e. The summed E-state index contributed by atoms with van der Waals surface area (Å²) in [6.45, 7) is 6.05. The van der Waals surface area contributed by atoms with Gasteiger partial charge in [-0.25, -0.2) is 0 Å². The third-order valence-electron chi connectivity index (χ3n) is 3.13. The van der Waals surface area contributed by atoms with E-state index in [4.69, 9.17) is 27.9 Å². The normalized spacial score (nSPS) is 10.7. The molecule has 0 aliphatic heterocycles. The van der Waals surface area contributed by atoms with E-state index in [1.807, 2.05) is 19.1 Å². The second-order valence-electron chi connectivity index (χ2n) is 4.91. The second-order valence-corrected chi connectivity index (χ2v) is 5.73. The molecule has 0 bridgehead atoms. The molecule has 0 saturated carbocycles. The first kappa shape index (κ1) is 16.2. The Labute approximate surface area is 136 Å². The number of aryl methyl sites for hydroxylation is 1. The first-order chi connectivity index (χ1) is 10.1. The van der Waals surface area contributed by atoms with E-state index in [-0.39, 0.29) is 0 Å². The van der Waals surface area contributed by atoms with Crippen LogP contribution in [0.15, 0.2) is 36.4 Å². The van der Waals surface area contributed by atoms with Crippen LogP contribution in [0.25, 0.3) is 0 Å². The van der Waals surface area contributed by atoms with Gasteiger partial charge in [-0.1, -0.05) is 53.0 Å². The van der Waals surface area contributed by atoms with E-state index < -0.39 is 0 Å². The molecule has 0 heterocycles. The van der Waals surface area contributed by atoms with Gasteiger partial charge < -0.3 is 10.1 Å². The average molecular weight is 324 g/mol. The van der Waals surface area contributed by atoms with E-state index in [1.165, 1.54) is 11.1 Å². The van der Waals surface area contributed by atoms with Crippen molar-refractivity contribution in [1.29, 1.82) is 0 Å². The summed E-state index contributed by atoms with van der Waals surface area (Å²) in [5.74, 6) is 0.558. The largest absolute Gasteiger partial charge is 0.491 e. The van der Waals surface area contributed by atoms with Crippen LogP contribution in [0.5, 0.6) is 5.75 Å². The number of ether oxygens (including phenoxy) is 1. The van der Waals surface area contributed by atoms with E-state index in [0.717, 1.165) is 12.1 Å². The van der Waals surface area contributed by atoms with Gasteiger partial charge in [0, 0.05) is 13.1 Å². The molecule has 2 aromatic rings. The van der Waals surface area contributed by atoms with Gasteiger partial charge in [0.05, 0.1) is 16.7 Å². The molecule has 0 saturated heterocycles. The van der Waals surface area contributed by atoms with Crippen LogP contribution in [0.2, 0.25) is 10.0 Å². The van der Waals surface area contributed by atoms with E-state index >= 15 is 0 Å². The van der Waals surface area contributed by atoms with Gasteiger partial charge in [-0.2, -0.15) is 0 Å². The van der Waals surface area contributed by atoms with Crippen molar-refractivity contribution >= 4 is 23.2 Å². The Kier molecular flexibility index (Phi) is 5.92. The lowest BCUT2D eigenvalue weighted by molar-refractivity contribution is 0.340. The summed E-state index contributed by atoms with van der Waals surface area (Å²) in [6, 6.07) is 12.3. The maximum absolute atomic E-state index is 6.19. The van der Waals surface area contributed by atoms with Crippen LogP contribution in [-0.2, 0) is 13.1 Å². The summed E-state index contributed by atoms with van der Waals surface area (Å²) in [5.41, 5.74) is 3.56. The Morgan fingerprint density at radius 3 is 2.10 bits per heavy atom. The topological polar surface area (TPSA) is 21.3 Å². The molecule has 0 radical (unpaired) electrons. The second kappa shape index (κ2) is 7.69. The molecule has 0 spiro atoms. The van der Waals surface area contributed by atoms with Crippen LogP contribution in [0.4, 0.5) is 0 Å². The first-order valence-electron chi connectivity index (χ1n) is 6.97. The van der Waals surface area contributed by atoms with Crippen molar-refractivity contribution < 1.29 is 4.74 Å². The molecular formula is C17H19Cl2NO. The lowest BCUT2D eigenvalue weighted by Crippen LogP contribution is -2.12.